The SMILES string of the molecule is c1ccc(N(c2ccc3oc4ccc5c(ccc6oc7ccccc7c65)c4c3c2)c2cccc3sc4ccccc4c23)cc1. The molecule has 0 aliphatic heterocycles. The number of furan rings is 2. The van der Waals surface area contributed by atoms with Gasteiger partial charge >= 0.3 is 0 Å². The van der Waals surface area contributed by atoms with Gasteiger partial charge in [0, 0.05) is 53.1 Å². The Morgan fingerprint density at radius 3 is 1.84 bits per heavy atom. The van der Waals surface area contributed by atoms with Gasteiger partial charge in [0.25, 0.3) is 0 Å². The van der Waals surface area contributed by atoms with E-state index in [1.807, 2.05) is 23.5 Å². The lowest BCUT2D eigenvalue weighted by atomic mass is 9.99. The van der Waals surface area contributed by atoms with Gasteiger partial charge in [-0.1, -0.05) is 60.7 Å². The second kappa shape index (κ2) is 8.96. The van der Waals surface area contributed by atoms with Gasteiger partial charge < -0.3 is 13.7 Å². The molecule has 0 saturated heterocycles. The van der Waals surface area contributed by atoms with Crippen molar-refractivity contribution in [1.29, 1.82) is 0 Å². The Bertz CT molecular complexity index is 2730. The van der Waals surface area contributed by atoms with Gasteiger partial charge in [0.05, 0.1) is 5.69 Å². The Morgan fingerprint density at radius 2 is 1.02 bits per heavy atom. The highest BCUT2D eigenvalue weighted by Gasteiger charge is 2.21. The van der Waals surface area contributed by atoms with Crippen molar-refractivity contribution in [3.05, 3.63) is 140 Å². The summed E-state index contributed by atoms with van der Waals surface area (Å²) in [6, 6.07) is 49.4. The molecule has 10 aromatic rings. The minimum atomic E-state index is 0.876. The van der Waals surface area contributed by atoms with Crippen LogP contribution in [0.15, 0.2) is 148 Å². The second-order valence-electron chi connectivity index (χ2n) is 11.3. The van der Waals surface area contributed by atoms with Crippen molar-refractivity contribution in [2.75, 3.05) is 4.90 Å². The highest BCUT2D eigenvalue weighted by Crippen LogP contribution is 2.46. The van der Waals surface area contributed by atoms with Gasteiger partial charge in [-0.25, -0.2) is 0 Å². The number of para-hydroxylation sites is 2. The van der Waals surface area contributed by atoms with Crippen LogP contribution in [0.2, 0.25) is 0 Å². The van der Waals surface area contributed by atoms with Gasteiger partial charge in [0.15, 0.2) is 0 Å². The van der Waals surface area contributed by atoms with E-state index in [9.17, 15) is 0 Å². The minimum Gasteiger partial charge on any atom is -0.456 e. The van der Waals surface area contributed by atoms with Gasteiger partial charge in [0.1, 0.15) is 22.3 Å². The van der Waals surface area contributed by atoms with Crippen molar-refractivity contribution in [3.63, 3.8) is 0 Å². The van der Waals surface area contributed by atoms with E-state index in [0.29, 0.717) is 0 Å². The number of thiophene rings is 1. The van der Waals surface area contributed by atoms with E-state index in [1.54, 1.807) is 0 Å². The van der Waals surface area contributed by atoms with Crippen molar-refractivity contribution in [3.8, 4) is 0 Å². The molecule has 3 heterocycles. The summed E-state index contributed by atoms with van der Waals surface area (Å²) in [5.41, 5.74) is 6.92. The zero-order valence-electron chi connectivity index (χ0n) is 23.5. The van der Waals surface area contributed by atoms with Crippen molar-refractivity contribution >= 4 is 103 Å². The highest BCUT2D eigenvalue weighted by molar-refractivity contribution is 7.26. The molecule has 0 bridgehead atoms. The highest BCUT2D eigenvalue weighted by atomic mass is 32.1. The lowest BCUT2D eigenvalue weighted by molar-refractivity contribution is 0.668. The van der Waals surface area contributed by atoms with Crippen LogP contribution in [0, 0.1) is 0 Å². The zero-order valence-corrected chi connectivity index (χ0v) is 24.3. The van der Waals surface area contributed by atoms with E-state index in [-0.39, 0.29) is 0 Å². The Kier molecular flexibility index (Phi) is 4.87. The molecule has 0 N–H and O–H groups in total. The Labute approximate surface area is 255 Å². The molecule has 0 spiro atoms. The van der Waals surface area contributed by atoms with E-state index in [1.165, 1.54) is 25.6 Å². The summed E-state index contributed by atoms with van der Waals surface area (Å²) >= 11 is 1.84. The minimum absolute atomic E-state index is 0.876. The van der Waals surface area contributed by atoms with Crippen molar-refractivity contribution < 1.29 is 8.83 Å². The van der Waals surface area contributed by atoms with Crippen LogP contribution < -0.4 is 4.90 Å². The van der Waals surface area contributed by atoms with Crippen LogP contribution in [-0.2, 0) is 0 Å². The summed E-state index contributed by atoms with van der Waals surface area (Å²) < 4.78 is 15.3. The van der Waals surface area contributed by atoms with E-state index < -0.39 is 0 Å². The molecule has 206 valence electrons. The third-order valence-corrected chi connectivity index (χ3v) is 9.98. The maximum absolute atomic E-state index is 6.46. The third kappa shape index (κ3) is 3.31. The standard InChI is InChI=1S/C40H23NO2S/c1-2-9-24(10-3-1)41(31-13-8-16-37-40(31)29-12-5-7-15-36(29)44-37)25-17-20-33-30(23-25)39-27-19-21-34-38(26(27)18-22-35(39)43-33)28-11-4-6-14-32(28)42-34/h1-23H. The average Bonchev–Trinajstić information content (AvgIpc) is 3.76. The molecule has 0 aliphatic rings. The van der Waals surface area contributed by atoms with Crippen LogP contribution in [0.1, 0.15) is 0 Å². The molecule has 3 aromatic heterocycles. The van der Waals surface area contributed by atoms with Gasteiger partial charge in [-0.3, -0.25) is 0 Å². The van der Waals surface area contributed by atoms with E-state index in [0.717, 1.165) is 66.3 Å². The molecular weight excluding hydrogens is 559 g/mol. The quantitative estimate of drug-likeness (QED) is 0.208. The first-order chi connectivity index (χ1) is 21.8. The van der Waals surface area contributed by atoms with Crippen molar-refractivity contribution in [2.45, 2.75) is 0 Å². The largest absolute Gasteiger partial charge is 0.456 e. The first kappa shape index (κ1) is 23.9. The molecule has 0 unspecified atom stereocenters. The van der Waals surface area contributed by atoms with Crippen LogP contribution in [0.25, 0.3) is 74.8 Å². The number of nitrogens with zero attached hydrogens (tertiary/aromatic N) is 1. The first-order valence-electron chi connectivity index (χ1n) is 14.8. The zero-order chi connectivity index (χ0) is 28.8. The number of benzene rings is 7. The molecule has 10 rings (SSSR count). The monoisotopic (exact) mass is 581 g/mol. The normalized spacial score (nSPS) is 12.1. The lowest BCUT2D eigenvalue weighted by Gasteiger charge is -2.26. The smallest absolute Gasteiger partial charge is 0.136 e. The Morgan fingerprint density at radius 1 is 0.386 bits per heavy atom. The molecule has 0 fully saturated rings. The van der Waals surface area contributed by atoms with Crippen LogP contribution in [-0.4, -0.2) is 0 Å². The Balaban J connectivity index is 1.28. The number of fused-ring (bicyclic) bond motifs is 12. The summed E-state index contributed by atoms with van der Waals surface area (Å²) in [5, 5.41) is 9.38. The number of anilines is 3. The molecule has 0 radical (unpaired) electrons. The molecule has 0 saturated carbocycles. The van der Waals surface area contributed by atoms with E-state index >= 15 is 0 Å². The summed E-state index contributed by atoms with van der Waals surface area (Å²) in [7, 11) is 0. The Hall–Kier alpha value is -5.58. The summed E-state index contributed by atoms with van der Waals surface area (Å²) in [6.07, 6.45) is 0. The van der Waals surface area contributed by atoms with Gasteiger partial charge in [0.2, 0.25) is 0 Å². The maximum atomic E-state index is 6.46. The number of hydrogen-bond acceptors (Lipinski definition) is 4. The lowest BCUT2D eigenvalue weighted by Crippen LogP contribution is -2.10. The third-order valence-electron chi connectivity index (χ3n) is 8.85. The molecule has 0 amide bonds. The fourth-order valence-electron chi connectivity index (χ4n) is 6.98. The van der Waals surface area contributed by atoms with Crippen molar-refractivity contribution in [2.24, 2.45) is 0 Å². The summed E-state index contributed by atoms with van der Waals surface area (Å²) in [6.45, 7) is 0. The predicted octanol–water partition coefficient (Wildman–Crippen LogP) is 12.5. The second-order valence-corrected chi connectivity index (χ2v) is 12.4. The van der Waals surface area contributed by atoms with Crippen LogP contribution in [0.4, 0.5) is 17.1 Å². The fourth-order valence-corrected chi connectivity index (χ4v) is 8.11. The van der Waals surface area contributed by atoms with Crippen LogP contribution in [0.3, 0.4) is 0 Å². The van der Waals surface area contributed by atoms with Crippen LogP contribution >= 0.6 is 11.3 Å². The maximum Gasteiger partial charge on any atom is 0.136 e. The van der Waals surface area contributed by atoms with Crippen molar-refractivity contribution in [1.82, 2.24) is 0 Å². The molecule has 7 aromatic carbocycles. The number of hydrogen-bond donors (Lipinski definition) is 0. The molecular formula is C40H23NO2S. The topological polar surface area (TPSA) is 29.5 Å². The average molecular weight is 582 g/mol. The predicted molar refractivity (Wildman–Crippen MR) is 186 cm³/mol. The molecule has 3 nitrogen and oxygen atoms in total. The molecule has 44 heavy (non-hydrogen) atoms. The van der Waals surface area contributed by atoms with Gasteiger partial charge in [-0.05, 0) is 89.6 Å². The molecule has 0 atom stereocenters. The number of rotatable bonds is 3. The van der Waals surface area contributed by atoms with Gasteiger partial charge in [-0.15, -0.1) is 11.3 Å². The summed E-state index contributed by atoms with van der Waals surface area (Å²) in [4.78, 5) is 2.38. The first-order valence-corrected chi connectivity index (χ1v) is 15.6. The van der Waals surface area contributed by atoms with Gasteiger partial charge in [-0.2, -0.15) is 0 Å². The van der Waals surface area contributed by atoms with E-state index in [4.69, 9.17) is 8.83 Å². The fraction of sp³-hybridized carbons (Fsp3) is 0. The van der Waals surface area contributed by atoms with E-state index in [2.05, 4.69) is 132 Å². The summed E-state index contributed by atoms with van der Waals surface area (Å²) in [5.74, 6) is 0. The van der Waals surface area contributed by atoms with Crippen LogP contribution in [0.5, 0.6) is 0 Å². The molecule has 4 heteroatoms. The molecule has 0 aliphatic carbocycles.